The molecule has 0 unspecified atom stereocenters. The van der Waals surface area contributed by atoms with Gasteiger partial charge in [-0.2, -0.15) is 0 Å². The van der Waals surface area contributed by atoms with Gasteiger partial charge in [0.15, 0.2) is 0 Å². The molecular formula is C36H72. The minimum absolute atomic E-state index is 0.448. The summed E-state index contributed by atoms with van der Waals surface area (Å²) < 4.78 is 0. The third-order valence-electron chi connectivity index (χ3n) is 14.5. The van der Waals surface area contributed by atoms with Crippen molar-refractivity contribution in [3.8, 4) is 0 Å². The predicted molar refractivity (Wildman–Crippen MR) is 170 cm³/mol. The highest BCUT2D eigenvalue weighted by Gasteiger charge is 2.72. The summed E-state index contributed by atoms with van der Waals surface area (Å²) in [6.45, 7) is 55.4. The largest absolute Gasteiger partial charge is 0.0778 e. The van der Waals surface area contributed by atoms with Crippen LogP contribution in [0.2, 0.25) is 0 Å². The fraction of sp³-hybridized carbons (Fsp3) is 0.889. The van der Waals surface area contributed by atoms with Crippen LogP contribution in [0.15, 0.2) is 22.3 Å². The zero-order valence-corrected chi connectivity index (χ0v) is 30.0. The zero-order chi connectivity index (χ0) is 30.3. The molecule has 0 saturated heterocycles. The van der Waals surface area contributed by atoms with Gasteiger partial charge in [0.25, 0.3) is 0 Å². The molecule has 0 aromatic heterocycles. The van der Waals surface area contributed by atoms with Crippen LogP contribution in [0.3, 0.4) is 0 Å². The number of hydrogen-bond donors (Lipinski definition) is 0. The van der Waals surface area contributed by atoms with E-state index in [1.807, 2.05) is 0 Å². The van der Waals surface area contributed by atoms with Gasteiger partial charge in [0.05, 0.1) is 0 Å². The first-order valence-electron chi connectivity index (χ1n) is 14.5. The maximum Gasteiger partial charge on any atom is -0.0241 e. The van der Waals surface area contributed by atoms with E-state index in [-0.39, 0.29) is 0 Å². The zero-order valence-electron chi connectivity index (χ0n) is 30.0. The molecule has 0 nitrogen and oxygen atoms in total. The number of rotatable bonds is 0. The van der Waals surface area contributed by atoms with Crippen molar-refractivity contribution in [1.29, 1.82) is 0 Å². The summed E-state index contributed by atoms with van der Waals surface area (Å²) in [5, 5.41) is 0. The Balaban J connectivity index is 0. The van der Waals surface area contributed by atoms with Crippen LogP contribution in [-0.4, -0.2) is 0 Å². The molecule has 2 aliphatic carbocycles. The second-order valence-corrected chi connectivity index (χ2v) is 17.0. The molecule has 2 fully saturated rings. The third-order valence-corrected chi connectivity index (χ3v) is 14.5. The molecule has 0 amide bonds. The molecule has 0 spiro atoms. The van der Waals surface area contributed by atoms with Crippen LogP contribution in [-0.2, 0) is 0 Å². The molecule has 0 aliphatic heterocycles. The lowest BCUT2D eigenvalue weighted by Gasteiger charge is -2.76. The molecule has 2 saturated carbocycles. The van der Waals surface area contributed by atoms with E-state index in [1.54, 1.807) is 0 Å². The van der Waals surface area contributed by atoms with Crippen LogP contribution >= 0.6 is 0 Å². The summed E-state index contributed by atoms with van der Waals surface area (Å²) in [4.78, 5) is 0. The van der Waals surface area contributed by atoms with Crippen LogP contribution in [0, 0.1) is 43.3 Å². The van der Waals surface area contributed by atoms with Gasteiger partial charge in [0.1, 0.15) is 0 Å². The lowest BCUT2D eigenvalue weighted by atomic mass is 9.28. The topological polar surface area (TPSA) is 0 Å². The molecule has 0 atom stereocenters. The van der Waals surface area contributed by atoms with E-state index >= 15 is 0 Å². The normalized spacial score (nSPS) is 25.3. The average molecular weight is 505 g/mol. The summed E-state index contributed by atoms with van der Waals surface area (Å²) in [7, 11) is 0. The first-order chi connectivity index (χ1) is 15.3. The summed E-state index contributed by atoms with van der Waals surface area (Å²) >= 11 is 0. The lowest BCUT2D eigenvalue weighted by Crippen LogP contribution is -2.70. The van der Waals surface area contributed by atoms with Gasteiger partial charge in [-0.1, -0.05) is 133 Å². The number of hydrogen-bond acceptors (Lipinski definition) is 0. The highest BCUT2D eigenvalue weighted by molar-refractivity contribution is 5.20. The predicted octanol–water partition coefficient (Wildman–Crippen LogP) is 12.9. The van der Waals surface area contributed by atoms with Gasteiger partial charge in [-0.15, -0.1) is 0 Å². The van der Waals surface area contributed by atoms with Gasteiger partial charge >= 0.3 is 0 Å². The van der Waals surface area contributed by atoms with Crippen molar-refractivity contribution in [3.63, 3.8) is 0 Å². The molecule has 0 heterocycles. The minimum atomic E-state index is 0.448. The van der Waals surface area contributed by atoms with Gasteiger partial charge in [-0.3, -0.25) is 0 Å². The molecule has 0 aromatic carbocycles. The second kappa shape index (κ2) is 10.9. The van der Waals surface area contributed by atoms with Crippen LogP contribution in [0.4, 0.5) is 0 Å². The standard InChI is InChI=1S/2C12H24.2C6H12/c2*1-9(2)10(3,4)12(7,8)11(9,5)6;2*1-5(2)6(3)4/h2*1-8H3;2*1-4H3. The Morgan fingerprint density at radius 1 is 0.194 bits per heavy atom. The smallest absolute Gasteiger partial charge is 0.0241 e. The monoisotopic (exact) mass is 505 g/mol. The lowest BCUT2D eigenvalue weighted by molar-refractivity contribution is -0.283. The Hall–Kier alpha value is -0.520. The first kappa shape index (κ1) is 37.6. The molecular weight excluding hydrogens is 432 g/mol. The van der Waals surface area contributed by atoms with Crippen LogP contribution in [0.5, 0.6) is 0 Å². The molecule has 0 heteroatoms. The van der Waals surface area contributed by atoms with E-state index in [9.17, 15) is 0 Å². The highest BCUT2D eigenvalue weighted by atomic mass is 14.8. The SMILES string of the molecule is CC(C)=C(C)C.CC(C)=C(C)C.CC1(C)C(C)(C)C(C)(C)C1(C)C.CC1(C)C(C)(C)C(C)(C)C1(C)C. The van der Waals surface area contributed by atoms with E-state index in [0.717, 1.165) is 0 Å². The van der Waals surface area contributed by atoms with Crippen molar-refractivity contribution in [2.45, 2.75) is 166 Å². The average Bonchev–Trinajstić information content (AvgIpc) is 2.67. The fourth-order valence-corrected chi connectivity index (χ4v) is 6.12. The maximum absolute atomic E-state index is 2.40. The van der Waals surface area contributed by atoms with Crippen molar-refractivity contribution >= 4 is 0 Å². The van der Waals surface area contributed by atoms with Gasteiger partial charge in [-0.25, -0.2) is 0 Å². The maximum atomic E-state index is 2.40. The third kappa shape index (κ3) is 5.59. The van der Waals surface area contributed by atoms with Crippen molar-refractivity contribution in [1.82, 2.24) is 0 Å². The van der Waals surface area contributed by atoms with E-state index in [2.05, 4.69) is 166 Å². The summed E-state index contributed by atoms with van der Waals surface area (Å²) in [6, 6.07) is 0. The van der Waals surface area contributed by atoms with Gasteiger partial charge in [0, 0.05) is 0 Å². The van der Waals surface area contributed by atoms with Gasteiger partial charge in [0.2, 0.25) is 0 Å². The van der Waals surface area contributed by atoms with Crippen LogP contribution < -0.4 is 0 Å². The van der Waals surface area contributed by atoms with Crippen molar-refractivity contribution in [2.75, 3.05) is 0 Å². The molecule has 2 aliphatic rings. The van der Waals surface area contributed by atoms with E-state index in [1.165, 1.54) is 22.3 Å². The quantitative estimate of drug-likeness (QED) is 0.288. The van der Waals surface area contributed by atoms with E-state index < -0.39 is 0 Å². The Kier molecular flexibility index (Phi) is 11.4. The minimum Gasteiger partial charge on any atom is -0.0778 e. The molecule has 0 N–H and O–H groups in total. The van der Waals surface area contributed by atoms with Crippen LogP contribution in [0.1, 0.15) is 166 Å². The Morgan fingerprint density at radius 2 is 0.250 bits per heavy atom. The van der Waals surface area contributed by atoms with Gasteiger partial charge in [-0.05, 0) is 98.7 Å². The molecule has 216 valence electrons. The second-order valence-electron chi connectivity index (χ2n) is 17.0. The van der Waals surface area contributed by atoms with Crippen molar-refractivity contribution in [3.05, 3.63) is 22.3 Å². The Bertz CT molecular complexity index is 576. The highest BCUT2D eigenvalue weighted by Crippen LogP contribution is 2.78. The summed E-state index contributed by atoms with van der Waals surface area (Å²) in [6.07, 6.45) is 0. The van der Waals surface area contributed by atoms with Gasteiger partial charge < -0.3 is 0 Å². The summed E-state index contributed by atoms with van der Waals surface area (Å²) in [5.74, 6) is 0. The van der Waals surface area contributed by atoms with E-state index in [0.29, 0.717) is 43.3 Å². The summed E-state index contributed by atoms with van der Waals surface area (Å²) in [5.41, 5.74) is 9.29. The Labute approximate surface area is 231 Å². The van der Waals surface area contributed by atoms with Crippen molar-refractivity contribution in [2.24, 2.45) is 43.3 Å². The molecule has 0 bridgehead atoms. The first-order valence-corrected chi connectivity index (χ1v) is 14.5. The molecule has 2 rings (SSSR count). The molecule has 0 aromatic rings. The molecule has 36 heavy (non-hydrogen) atoms. The van der Waals surface area contributed by atoms with E-state index in [4.69, 9.17) is 0 Å². The fourth-order valence-electron chi connectivity index (χ4n) is 6.12. The number of allylic oxidation sites excluding steroid dienone is 4. The van der Waals surface area contributed by atoms with Crippen molar-refractivity contribution < 1.29 is 0 Å². The Morgan fingerprint density at radius 3 is 0.278 bits per heavy atom. The van der Waals surface area contributed by atoms with Crippen LogP contribution in [0.25, 0.3) is 0 Å². The molecule has 0 radical (unpaired) electrons.